The van der Waals surface area contributed by atoms with E-state index in [-0.39, 0.29) is 18.4 Å². The van der Waals surface area contributed by atoms with Gasteiger partial charge >= 0.3 is 0 Å². The molecule has 1 aliphatic rings. The summed E-state index contributed by atoms with van der Waals surface area (Å²) in [5.41, 5.74) is 5.10. The Bertz CT molecular complexity index is 1330. The van der Waals surface area contributed by atoms with Crippen LogP contribution in [-0.2, 0) is 17.8 Å². The average molecular weight is 470 g/mol. The minimum Gasteiger partial charge on any atom is -0.491 e. The highest BCUT2D eigenvalue weighted by atomic mass is 16.5. The van der Waals surface area contributed by atoms with Gasteiger partial charge in [0.15, 0.2) is 0 Å². The fourth-order valence-electron chi connectivity index (χ4n) is 4.85. The molecule has 0 spiro atoms. The lowest BCUT2D eigenvalue weighted by atomic mass is 10.1. The number of benzene rings is 3. The molecule has 35 heavy (non-hydrogen) atoms. The van der Waals surface area contributed by atoms with Crippen LogP contribution in [0.2, 0.25) is 0 Å². The third-order valence-corrected chi connectivity index (χ3v) is 6.75. The van der Waals surface area contributed by atoms with Gasteiger partial charge in [-0.2, -0.15) is 0 Å². The number of nitrogens with zero attached hydrogens (tertiary/aromatic N) is 3. The molecule has 2 atom stereocenters. The van der Waals surface area contributed by atoms with Gasteiger partial charge in [0.05, 0.1) is 17.6 Å². The Morgan fingerprint density at radius 2 is 1.80 bits per heavy atom. The number of anilines is 1. The average Bonchev–Trinajstić information content (AvgIpc) is 3.44. The molecule has 1 aliphatic heterocycles. The molecule has 6 nitrogen and oxygen atoms in total. The van der Waals surface area contributed by atoms with Crippen molar-refractivity contribution in [2.24, 2.45) is 0 Å². The van der Waals surface area contributed by atoms with E-state index in [1.165, 1.54) is 5.56 Å². The SMILES string of the molecule is CCc1ccc(OC[C@H](O)Cn2c([C@H]3CC(=O)N(c4ccccc4C)C3)nc3ccccc32)cc1. The van der Waals surface area contributed by atoms with Crippen LogP contribution in [0.4, 0.5) is 5.69 Å². The molecule has 0 aliphatic carbocycles. The molecule has 5 rings (SSSR count). The van der Waals surface area contributed by atoms with Crippen molar-refractivity contribution in [3.05, 3.63) is 89.7 Å². The van der Waals surface area contributed by atoms with E-state index < -0.39 is 6.10 Å². The molecule has 0 bridgehead atoms. The monoisotopic (exact) mass is 469 g/mol. The van der Waals surface area contributed by atoms with E-state index >= 15 is 0 Å². The summed E-state index contributed by atoms with van der Waals surface area (Å²) in [7, 11) is 0. The number of aliphatic hydroxyl groups excluding tert-OH is 1. The van der Waals surface area contributed by atoms with E-state index in [0.717, 1.165) is 40.3 Å². The van der Waals surface area contributed by atoms with E-state index in [9.17, 15) is 9.90 Å². The molecule has 0 radical (unpaired) electrons. The molecule has 3 aromatic carbocycles. The quantitative estimate of drug-likeness (QED) is 0.400. The van der Waals surface area contributed by atoms with Crippen LogP contribution in [0.25, 0.3) is 11.0 Å². The third kappa shape index (κ3) is 4.80. The Kier molecular flexibility index (Phi) is 6.55. The Labute approximate surface area is 205 Å². The molecular weight excluding hydrogens is 438 g/mol. The van der Waals surface area contributed by atoms with Gasteiger partial charge in [-0.15, -0.1) is 0 Å². The normalized spacial score (nSPS) is 16.7. The number of aromatic nitrogens is 2. The maximum atomic E-state index is 13.0. The molecule has 2 heterocycles. The highest BCUT2D eigenvalue weighted by Gasteiger charge is 2.35. The number of rotatable bonds is 8. The number of hydrogen-bond acceptors (Lipinski definition) is 4. The first-order valence-corrected chi connectivity index (χ1v) is 12.2. The van der Waals surface area contributed by atoms with Crippen molar-refractivity contribution in [2.45, 2.75) is 45.3 Å². The first-order chi connectivity index (χ1) is 17.0. The summed E-state index contributed by atoms with van der Waals surface area (Å²) in [6.45, 7) is 5.24. The summed E-state index contributed by atoms with van der Waals surface area (Å²) in [6, 6.07) is 23.8. The Hall–Kier alpha value is -3.64. The predicted octanol–water partition coefficient (Wildman–Crippen LogP) is 4.87. The van der Waals surface area contributed by atoms with Crippen molar-refractivity contribution < 1.29 is 14.6 Å². The zero-order chi connectivity index (χ0) is 24.4. The summed E-state index contributed by atoms with van der Waals surface area (Å²) < 4.78 is 7.91. The van der Waals surface area contributed by atoms with Crippen LogP contribution < -0.4 is 9.64 Å². The molecule has 1 aromatic heterocycles. The largest absolute Gasteiger partial charge is 0.491 e. The number of carbonyl (C=O) groups is 1. The number of para-hydroxylation sites is 3. The van der Waals surface area contributed by atoms with Gasteiger partial charge < -0.3 is 19.3 Å². The Balaban J connectivity index is 1.36. The van der Waals surface area contributed by atoms with Crippen LogP contribution in [0.5, 0.6) is 5.75 Å². The molecule has 1 amide bonds. The first-order valence-electron chi connectivity index (χ1n) is 12.2. The number of imidazole rings is 1. The van der Waals surface area contributed by atoms with E-state index in [1.807, 2.05) is 84.6 Å². The number of aryl methyl sites for hydroxylation is 2. The summed E-state index contributed by atoms with van der Waals surface area (Å²) in [4.78, 5) is 19.8. The maximum absolute atomic E-state index is 13.0. The van der Waals surface area contributed by atoms with Gasteiger partial charge in [-0.1, -0.05) is 49.4 Å². The highest BCUT2D eigenvalue weighted by molar-refractivity contribution is 5.97. The number of amides is 1. The second-order valence-electron chi connectivity index (χ2n) is 9.22. The molecule has 1 N–H and O–H groups in total. The zero-order valence-electron chi connectivity index (χ0n) is 20.2. The molecule has 0 saturated carbocycles. The highest BCUT2D eigenvalue weighted by Crippen LogP contribution is 2.34. The Morgan fingerprint density at radius 1 is 1.06 bits per heavy atom. The minimum absolute atomic E-state index is 0.0517. The molecule has 1 fully saturated rings. The van der Waals surface area contributed by atoms with E-state index in [4.69, 9.17) is 9.72 Å². The first kappa shape index (κ1) is 23.1. The molecule has 180 valence electrons. The predicted molar refractivity (Wildman–Crippen MR) is 138 cm³/mol. The molecule has 4 aromatic rings. The topological polar surface area (TPSA) is 67.6 Å². The second kappa shape index (κ2) is 9.92. The fraction of sp³-hybridized carbons (Fsp3) is 0.310. The Morgan fingerprint density at radius 3 is 2.57 bits per heavy atom. The lowest BCUT2D eigenvalue weighted by Gasteiger charge is -2.20. The standard InChI is InChI=1S/C29H31N3O3/c1-3-21-12-14-24(15-13-21)35-19-23(33)18-32-27-11-7-5-9-25(27)30-29(32)22-16-28(34)31(17-22)26-10-6-4-8-20(26)2/h4-15,22-23,33H,3,16-19H2,1-2H3/t22-,23+/m0/s1. The van der Waals surface area contributed by atoms with Crippen LogP contribution in [0, 0.1) is 6.92 Å². The number of aliphatic hydroxyl groups is 1. The van der Waals surface area contributed by atoms with Gasteiger partial charge in [0.2, 0.25) is 5.91 Å². The summed E-state index contributed by atoms with van der Waals surface area (Å²) in [6.07, 6.45) is 0.653. The lowest BCUT2D eigenvalue weighted by Crippen LogP contribution is -2.27. The van der Waals surface area contributed by atoms with Gasteiger partial charge in [0.1, 0.15) is 24.3 Å². The van der Waals surface area contributed by atoms with Crippen LogP contribution in [-0.4, -0.2) is 39.8 Å². The van der Waals surface area contributed by atoms with Crippen LogP contribution in [0.15, 0.2) is 72.8 Å². The lowest BCUT2D eigenvalue weighted by molar-refractivity contribution is -0.117. The number of ether oxygens (including phenoxy) is 1. The van der Waals surface area contributed by atoms with Crippen molar-refractivity contribution in [1.29, 1.82) is 0 Å². The number of carbonyl (C=O) groups excluding carboxylic acids is 1. The fourth-order valence-corrected chi connectivity index (χ4v) is 4.85. The van der Waals surface area contributed by atoms with Crippen LogP contribution >= 0.6 is 0 Å². The molecular formula is C29H31N3O3. The van der Waals surface area contributed by atoms with E-state index in [2.05, 4.69) is 11.5 Å². The van der Waals surface area contributed by atoms with Crippen LogP contribution in [0.1, 0.15) is 36.2 Å². The van der Waals surface area contributed by atoms with Crippen LogP contribution in [0.3, 0.4) is 0 Å². The van der Waals surface area contributed by atoms with Gasteiger partial charge in [-0.3, -0.25) is 4.79 Å². The van der Waals surface area contributed by atoms with E-state index in [1.54, 1.807) is 0 Å². The van der Waals surface area contributed by atoms with Crippen molar-refractivity contribution >= 4 is 22.6 Å². The molecule has 0 unspecified atom stereocenters. The summed E-state index contributed by atoms with van der Waals surface area (Å²) >= 11 is 0. The van der Waals surface area contributed by atoms with Gasteiger partial charge in [0, 0.05) is 24.6 Å². The van der Waals surface area contributed by atoms with Crippen molar-refractivity contribution in [3.63, 3.8) is 0 Å². The van der Waals surface area contributed by atoms with Gasteiger partial charge in [-0.05, 0) is 54.8 Å². The van der Waals surface area contributed by atoms with E-state index in [0.29, 0.717) is 19.5 Å². The zero-order valence-corrected chi connectivity index (χ0v) is 20.2. The maximum Gasteiger partial charge on any atom is 0.227 e. The minimum atomic E-state index is -0.721. The number of fused-ring (bicyclic) bond motifs is 1. The third-order valence-electron chi connectivity index (χ3n) is 6.75. The van der Waals surface area contributed by atoms with Gasteiger partial charge in [0.25, 0.3) is 0 Å². The molecule has 1 saturated heterocycles. The summed E-state index contributed by atoms with van der Waals surface area (Å²) in [5.74, 6) is 1.63. The summed E-state index contributed by atoms with van der Waals surface area (Å²) in [5, 5.41) is 10.9. The molecule has 6 heteroatoms. The van der Waals surface area contributed by atoms with Gasteiger partial charge in [-0.25, -0.2) is 4.98 Å². The van der Waals surface area contributed by atoms with Crippen molar-refractivity contribution in [3.8, 4) is 5.75 Å². The number of hydrogen-bond donors (Lipinski definition) is 1. The van der Waals surface area contributed by atoms with Crippen molar-refractivity contribution in [1.82, 2.24) is 9.55 Å². The second-order valence-corrected chi connectivity index (χ2v) is 9.22. The smallest absolute Gasteiger partial charge is 0.227 e. The van der Waals surface area contributed by atoms with Crippen molar-refractivity contribution in [2.75, 3.05) is 18.1 Å².